The number of ether oxygens (including phenoxy) is 1. The lowest BCUT2D eigenvalue weighted by Crippen LogP contribution is -2.40. The summed E-state index contributed by atoms with van der Waals surface area (Å²) in [5.74, 6) is 0.598. The average molecular weight is 251 g/mol. The van der Waals surface area contributed by atoms with Gasteiger partial charge in [-0.2, -0.15) is 0 Å². The third-order valence-corrected chi connectivity index (χ3v) is 2.73. The summed E-state index contributed by atoms with van der Waals surface area (Å²) in [6.07, 6.45) is 0.103. The van der Waals surface area contributed by atoms with Gasteiger partial charge in [-0.1, -0.05) is 19.1 Å². The maximum atomic E-state index is 12.0. The van der Waals surface area contributed by atoms with E-state index in [0.717, 1.165) is 5.56 Å². The van der Waals surface area contributed by atoms with Gasteiger partial charge >= 0.3 is 0 Å². The highest BCUT2D eigenvalue weighted by Gasteiger charge is 2.21. The van der Waals surface area contributed by atoms with E-state index in [1.807, 2.05) is 38.1 Å². The maximum Gasteiger partial charge on any atom is 0.263 e. The van der Waals surface area contributed by atoms with Crippen LogP contribution in [0, 0.1) is 6.92 Å². The van der Waals surface area contributed by atoms with Gasteiger partial charge in [-0.3, -0.25) is 4.79 Å². The lowest BCUT2D eigenvalue weighted by molar-refractivity contribution is -0.137. The second-order valence-corrected chi connectivity index (χ2v) is 4.31. The summed E-state index contributed by atoms with van der Waals surface area (Å²) in [5.41, 5.74) is 1.10. The number of aliphatic hydroxyl groups is 1. The van der Waals surface area contributed by atoms with E-state index in [2.05, 4.69) is 0 Å². The van der Waals surface area contributed by atoms with Crippen LogP contribution >= 0.6 is 0 Å². The van der Waals surface area contributed by atoms with Crippen molar-refractivity contribution in [3.63, 3.8) is 0 Å². The van der Waals surface area contributed by atoms with E-state index < -0.39 is 6.10 Å². The zero-order chi connectivity index (χ0) is 13.5. The molecule has 1 aromatic rings. The zero-order valence-electron chi connectivity index (χ0n) is 11.2. The number of amides is 1. The van der Waals surface area contributed by atoms with Gasteiger partial charge in [0.2, 0.25) is 0 Å². The summed E-state index contributed by atoms with van der Waals surface area (Å²) in [6.45, 7) is 4.17. The second-order valence-electron chi connectivity index (χ2n) is 4.31. The fraction of sp³-hybridized carbons (Fsp3) is 0.500. The summed E-state index contributed by atoms with van der Waals surface area (Å²) >= 11 is 0. The molecule has 1 unspecified atom stereocenters. The molecule has 0 aliphatic rings. The van der Waals surface area contributed by atoms with Crippen LogP contribution in [0.2, 0.25) is 0 Å². The number of aryl methyl sites for hydroxylation is 1. The van der Waals surface area contributed by atoms with Crippen LogP contribution in [0.4, 0.5) is 0 Å². The first-order valence-electron chi connectivity index (χ1n) is 6.17. The van der Waals surface area contributed by atoms with Gasteiger partial charge in [0.15, 0.2) is 6.10 Å². The Hall–Kier alpha value is -1.55. The molecule has 0 saturated carbocycles. The van der Waals surface area contributed by atoms with E-state index in [1.165, 1.54) is 4.90 Å². The van der Waals surface area contributed by atoms with Crippen molar-refractivity contribution in [2.45, 2.75) is 26.4 Å². The number of hydrogen-bond acceptors (Lipinski definition) is 3. The van der Waals surface area contributed by atoms with Crippen LogP contribution in [0.15, 0.2) is 24.3 Å². The molecule has 0 aliphatic carbocycles. The summed E-state index contributed by atoms with van der Waals surface area (Å²) in [5, 5.41) is 8.83. The van der Waals surface area contributed by atoms with Gasteiger partial charge in [0, 0.05) is 13.6 Å². The average Bonchev–Trinajstić information content (AvgIpc) is 2.35. The van der Waals surface area contributed by atoms with Crippen LogP contribution in [0.5, 0.6) is 5.75 Å². The lowest BCUT2D eigenvalue weighted by atomic mass is 10.2. The van der Waals surface area contributed by atoms with Crippen molar-refractivity contribution in [2.24, 2.45) is 0 Å². The molecule has 0 aliphatic heterocycles. The van der Waals surface area contributed by atoms with Crippen molar-refractivity contribution in [2.75, 3.05) is 20.2 Å². The number of nitrogens with zero attached hydrogens (tertiary/aromatic N) is 1. The molecular formula is C14H21NO3. The largest absolute Gasteiger partial charge is 0.481 e. The van der Waals surface area contributed by atoms with Gasteiger partial charge < -0.3 is 14.7 Å². The summed E-state index contributed by atoms with van der Waals surface area (Å²) in [4.78, 5) is 13.5. The van der Waals surface area contributed by atoms with Crippen LogP contribution in [-0.2, 0) is 4.79 Å². The Balaban J connectivity index is 2.69. The molecule has 100 valence electrons. The molecule has 1 N–H and O–H groups in total. The van der Waals surface area contributed by atoms with E-state index in [4.69, 9.17) is 9.84 Å². The molecule has 4 nitrogen and oxygen atoms in total. The van der Waals surface area contributed by atoms with Crippen molar-refractivity contribution in [1.82, 2.24) is 4.90 Å². The fourth-order valence-corrected chi connectivity index (χ4v) is 1.67. The van der Waals surface area contributed by atoms with E-state index in [-0.39, 0.29) is 12.5 Å². The number of hydrogen-bond donors (Lipinski definition) is 1. The number of rotatable bonds is 6. The minimum Gasteiger partial charge on any atom is -0.481 e. The van der Waals surface area contributed by atoms with Crippen molar-refractivity contribution in [1.29, 1.82) is 0 Å². The molecule has 0 aromatic heterocycles. The number of carbonyl (C=O) groups is 1. The first-order valence-corrected chi connectivity index (χ1v) is 6.17. The normalized spacial score (nSPS) is 12.0. The fourth-order valence-electron chi connectivity index (χ4n) is 1.67. The highest BCUT2D eigenvalue weighted by atomic mass is 16.5. The minimum atomic E-state index is -0.497. The SMILES string of the molecule is CCC(Oc1cccc(C)c1)C(=O)N(C)CCO. The molecule has 1 aromatic carbocycles. The van der Waals surface area contributed by atoms with Gasteiger partial charge in [0.05, 0.1) is 6.61 Å². The van der Waals surface area contributed by atoms with E-state index in [0.29, 0.717) is 18.7 Å². The highest BCUT2D eigenvalue weighted by molar-refractivity contribution is 5.81. The summed E-state index contributed by atoms with van der Waals surface area (Å²) in [6, 6.07) is 7.63. The van der Waals surface area contributed by atoms with Crippen molar-refractivity contribution < 1.29 is 14.6 Å². The predicted octanol–water partition coefficient (Wildman–Crippen LogP) is 1.60. The second kappa shape index (κ2) is 7.01. The molecule has 1 rings (SSSR count). The van der Waals surface area contributed by atoms with Gasteiger partial charge in [0.25, 0.3) is 5.91 Å². The first kappa shape index (κ1) is 14.5. The van der Waals surface area contributed by atoms with Gasteiger partial charge in [-0.25, -0.2) is 0 Å². The van der Waals surface area contributed by atoms with Crippen LogP contribution in [-0.4, -0.2) is 42.2 Å². The van der Waals surface area contributed by atoms with Crippen molar-refractivity contribution in [3.8, 4) is 5.75 Å². The predicted molar refractivity (Wildman–Crippen MR) is 70.6 cm³/mol. The van der Waals surface area contributed by atoms with Crippen LogP contribution in [0.25, 0.3) is 0 Å². The molecule has 0 bridgehead atoms. The van der Waals surface area contributed by atoms with E-state index >= 15 is 0 Å². The molecule has 1 atom stereocenters. The Kier molecular flexibility index (Phi) is 5.65. The Morgan fingerprint density at radius 2 is 2.22 bits per heavy atom. The quantitative estimate of drug-likeness (QED) is 0.835. The maximum absolute atomic E-state index is 12.0. The molecule has 0 radical (unpaired) electrons. The molecule has 18 heavy (non-hydrogen) atoms. The number of carbonyl (C=O) groups excluding carboxylic acids is 1. The molecule has 0 heterocycles. The highest BCUT2D eigenvalue weighted by Crippen LogP contribution is 2.16. The number of aliphatic hydroxyl groups excluding tert-OH is 1. The van der Waals surface area contributed by atoms with Crippen molar-refractivity contribution in [3.05, 3.63) is 29.8 Å². The van der Waals surface area contributed by atoms with Crippen molar-refractivity contribution >= 4 is 5.91 Å². The Morgan fingerprint density at radius 3 is 2.78 bits per heavy atom. The Bertz CT molecular complexity index is 392. The number of likely N-dealkylation sites (N-methyl/N-ethyl adjacent to an activating group) is 1. The van der Waals surface area contributed by atoms with Crippen LogP contribution in [0.3, 0.4) is 0 Å². The molecule has 0 fully saturated rings. The topological polar surface area (TPSA) is 49.8 Å². The Morgan fingerprint density at radius 1 is 1.50 bits per heavy atom. The summed E-state index contributed by atoms with van der Waals surface area (Å²) < 4.78 is 5.70. The molecule has 0 spiro atoms. The third-order valence-electron chi connectivity index (χ3n) is 2.73. The van der Waals surface area contributed by atoms with Crippen LogP contribution < -0.4 is 4.74 Å². The lowest BCUT2D eigenvalue weighted by Gasteiger charge is -2.23. The molecule has 1 amide bonds. The number of benzene rings is 1. The standard InChI is InChI=1S/C14H21NO3/c1-4-13(14(17)15(3)8-9-16)18-12-7-5-6-11(2)10-12/h5-7,10,13,16H,4,8-9H2,1-3H3. The minimum absolute atomic E-state index is 0.0386. The molecule has 4 heteroatoms. The van der Waals surface area contributed by atoms with Gasteiger partial charge in [-0.05, 0) is 31.0 Å². The third kappa shape index (κ3) is 4.04. The zero-order valence-corrected chi connectivity index (χ0v) is 11.2. The van der Waals surface area contributed by atoms with Gasteiger partial charge in [-0.15, -0.1) is 0 Å². The summed E-state index contributed by atoms with van der Waals surface area (Å²) in [7, 11) is 1.67. The molecular weight excluding hydrogens is 230 g/mol. The Labute approximate surface area is 108 Å². The van der Waals surface area contributed by atoms with E-state index in [9.17, 15) is 4.79 Å². The van der Waals surface area contributed by atoms with Gasteiger partial charge in [0.1, 0.15) is 5.75 Å². The first-order chi connectivity index (χ1) is 8.58. The monoisotopic (exact) mass is 251 g/mol. The molecule has 0 saturated heterocycles. The smallest absolute Gasteiger partial charge is 0.263 e. The van der Waals surface area contributed by atoms with E-state index in [1.54, 1.807) is 7.05 Å². The van der Waals surface area contributed by atoms with Crippen LogP contribution in [0.1, 0.15) is 18.9 Å².